The lowest BCUT2D eigenvalue weighted by Crippen LogP contribution is -2.12. The molecule has 0 aromatic carbocycles. The Hall–Kier alpha value is -1.36. The summed E-state index contributed by atoms with van der Waals surface area (Å²) < 4.78 is 15.9. The van der Waals surface area contributed by atoms with Gasteiger partial charge in [-0.1, -0.05) is 65.9 Å². The molecule has 0 atom stereocenters. The standard InChI is InChI=1S/C21H35NO3S/c1-5-7-9-11-14-24-19-16-26-22-20(19)18(12-10-8-6-2)13-15-25-21(23)17(3)4/h12,16-17H,5-11,13-15H2,1-4H3/b18-12+. The van der Waals surface area contributed by atoms with E-state index in [-0.39, 0.29) is 11.9 Å². The molecule has 0 radical (unpaired) electrons. The number of ether oxygens (including phenoxy) is 2. The molecule has 0 unspecified atom stereocenters. The zero-order valence-electron chi connectivity index (χ0n) is 16.9. The normalized spacial score (nSPS) is 11.8. The fourth-order valence-electron chi connectivity index (χ4n) is 2.48. The third-order valence-electron chi connectivity index (χ3n) is 4.13. The molecular formula is C21H35NO3S. The lowest BCUT2D eigenvalue weighted by molar-refractivity contribution is -0.147. The largest absolute Gasteiger partial charge is 0.490 e. The van der Waals surface area contributed by atoms with E-state index in [9.17, 15) is 4.79 Å². The van der Waals surface area contributed by atoms with Crippen LogP contribution >= 0.6 is 11.5 Å². The summed E-state index contributed by atoms with van der Waals surface area (Å²) >= 11 is 1.42. The number of hydrogen-bond acceptors (Lipinski definition) is 5. The molecule has 0 bridgehead atoms. The van der Waals surface area contributed by atoms with Crippen molar-refractivity contribution >= 4 is 23.1 Å². The smallest absolute Gasteiger partial charge is 0.308 e. The molecule has 0 amide bonds. The molecule has 0 fully saturated rings. The average Bonchev–Trinajstić information content (AvgIpc) is 3.08. The predicted molar refractivity (Wildman–Crippen MR) is 110 cm³/mol. The number of allylic oxidation sites excluding steroid dienone is 1. The first kappa shape index (κ1) is 22.7. The summed E-state index contributed by atoms with van der Waals surface area (Å²) in [6.07, 6.45) is 11.0. The van der Waals surface area contributed by atoms with Gasteiger partial charge in [0, 0.05) is 6.42 Å². The first-order valence-electron chi connectivity index (χ1n) is 10.0. The fraction of sp³-hybridized carbons (Fsp3) is 0.714. The van der Waals surface area contributed by atoms with E-state index in [2.05, 4.69) is 24.3 Å². The van der Waals surface area contributed by atoms with Gasteiger partial charge in [-0.25, -0.2) is 0 Å². The topological polar surface area (TPSA) is 48.4 Å². The summed E-state index contributed by atoms with van der Waals surface area (Å²) in [7, 11) is 0. The fourth-order valence-corrected chi connectivity index (χ4v) is 3.12. The van der Waals surface area contributed by atoms with Gasteiger partial charge in [-0.3, -0.25) is 4.79 Å². The first-order chi connectivity index (χ1) is 12.6. The van der Waals surface area contributed by atoms with Gasteiger partial charge in [0.25, 0.3) is 0 Å². The van der Waals surface area contributed by atoms with Gasteiger partial charge in [0.05, 0.1) is 24.5 Å². The molecule has 5 heteroatoms. The minimum Gasteiger partial charge on any atom is -0.490 e. The number of carbonyl (C=O) groups excluding carboxylic acids is 1. The summed E-state index contributed by atoms with van der Waals surface area (Å²) in [4.78, 5) is 11.7. The Balaban J connectivity index is 2.67. The minimum atomic E-state index is -0.149. The number of esters is 1. The van der Waals surface area contributed by atoms with Crippen LogP contribution in [0.4, 0.5) is 0 Å². The summed E-state index contributed by atoms with van der Waals surface area (Å²) in [6, 6.07) is 0. The van der Waals surface area contributed by atoms with Crippen molar-refractivity contribution in [3.63, 3.8) is 0 Å². The van der Waals surface area contributed by atoms with E-state index in [0.29, 0.717) is 13.0 Å². The predicted octanol–water partition coefficient (Wildman–Crippen LogP) is 6.27. The van der Waals surface area contributed by atoms with Crippen LogP contribution in [0.2, 0.25) is 0 Å². The van der Waals surface area contributed by atoms with Crippen LogP contribution in [0.1, 0.15) is 84.8 Å². The Morgan fingerprint density at radius 2 is 1.92 bits per heavy atom. The molecule has 148 valence electrons. The van der Waals surface area contributed by atoms with Crippen molar-refractivity contribution in [2.75, 3.05) is 13.2 Å². The number of unbranched alkanes of at least 4 members (excludes halogenated alkanes) is 5. The Morgan fingerprint density at radius 1 is 1.15 bits per heavy atom. The van der Waals surface area contributed by atoms with Crippen molar-refractivity contribution in [3.8, 4) is 5.75 Å². The van der Waals surface area contributed by atoms with Gasteiger partial charge >= 0.3 is 5.97 Å². The maximum atomic E-state index is 11.7. The molecule has 0 N–H and O–H groups in total. The molecular weight excluding hydrogens is 346 g/mol. The van der Waals surface area contributed by atoms with Crippen LogP contribution in [0.5, 0.6) is 5.75 Å². The summed E-state index contributed by atoms with van der Waals surface area (Å²) in [5.74, 6) is 0.622. The third-order valence-corrected chi connectivity index (χ3v) is 4.74. The monoisotopic (exact) mass is 381 g/mol. The maximum Gasteiger partial charge on any atom is 0.308 e. The summed E-state index contributed by atoms with van der Waals surface area (Å²) in [6.45, 7) is 9.22. The van der Waals surface area contributed by atoms with E-state index in [1.165, 1.54) is 30.8 Å². The lowest BCUT2D eigenvalue weighted by atomic mass is 10.1. The third kappa shape index (κ3) is 8.84. The number of rotatable bonds is 14. The van der Waals surface area contributed by atoms with Gasteiger partial charge in [0.2, 0.25) is 0 Å². The molecule has 4 nitrogen and oxygen atoms in total. The first-order valence-corrected chi connectivity index (χ1v) is 10.9. The van der Waals surface area contributed by atoms with Crippen LogP contribution in [-0.4, -0.2) is 23.6 Å². The number of carbonyl (C=O) groups is 1. The molecule has 0 aliphatic heterocycles. The molecule has 0 saturated heterocycles. The van der Waals surface area contributed by atoms with Gasteiger partial charge in [0.1, 0.15) is 5.69 Å². The van der Waals surface area contributed by atoms with Crippen LogP contribution in [0, 0.1) is 5.92 Å². The second-order valence-electron chi connectivity index (χ2n) is 6.88. The number of aromatic nitrogens is 1. The van der Waals surface area contributed by atoms with Crippen molar-refractivity contribution < 1.29 is 14.3 Å². The quantitative estimate of drug-likeness (QED) is 0.282. The Kier molecular flexibility index (Phi) is 12.0. The number of hydrogen-bond donors (Lipinski definition) is 0. The zero-order valence-corrected chi connectivity index (χ0v) is 17.7. The molecule has 26 heavy (non-hydrogen) atoms. The second kappa shape index (κ2) is 13.8. The summed E-state index contributed by atoms with van der Waals surface area (Å²) in [5, 5.41) is 1.98. The van der Waals surface area contributed by atoms with Crippen molar-refractivity contribution in [2.45, 2.75) is 79.1 Å². The SMILES string of the molecule is CCCC/C=C(\CCOC(=O)C(C)C)c1nscc1OCCCCCC. The average molecular weight is 382 g/mol. The maximum absolute atomic E-state index is 11.7. The van der Waals surface area contributed by atoms with E-state index in [0.717, 1.165) is 49.3 Å². The van der Waals surface area contributed by atoms with Gasteiger partial charge in [-0.05, 0) is 29.9 Å². The van der Waals surface area contributed by atoms with Crippen LogP contribution in [0.15, 0.2) is 11.5 Å². The van der Waals surface area contributed by atoms with Crippen LogP contribution in [-0.2, 0) is 9.53 Å². The van der Waals surface area contributed by atoms with Crippen molar-refractivity contribution in [3.05, 3.63) is 17.2 Å². The highest BCUT2D eigenvalue weighted by atomic mass is 32.1. The van der Waals surface area contributed by atoms with E-state index >= 15 is 0 Å². The highest BCUT2D eigenvalue weighted by Gasteiger charge is 2.14. The van der Waals surface area contributed by atoms with Crippen molar-refractivity contribution in [1.29, 1.82) is 0 Å². The lowest BCUT2D eigenvalue weighted by Gasteiger charge is -2.11. The molecule has 0 spiro atoms. The van der Waals surface area contributed by atoms with Crippen molar-refractivity contribution in [1.82, 2.24) is 4.37 Å². The highest BCUT2D eigenvalue weighted by Crippen LogP contribution is 2.30. The van der Waals surface area contributed by atoms with Gasteiger partial charge in [-0.2, -0.15) is 4.37 Å². The molecule has 1 heterocycles. The molecule has 0 aliphatic carbocycles. The molecule has 1 rings (SSSR count). The van der Waals surface area contributed by atoms with E-state index in [1.54, 1.807) is 0 Å². The minimum absolute atomic E-state index is 0.0937. The molecule has 1 aromatic rings. The Bertz CT molecular complexity index is 537. The van der Waals surface area contributed by atoms with Crippen LogP contribution < -0.4 is 4.74 Å². The Labute approximate surface area is 163 Å². The van der Waals surface area contributed by atoms with E-state index in [1.807, 2.05) is 19.2 Å². The van der Waals surface area contributed by atoms with Gasteiger partial charge in [-0.15, -0.1) is 0 Å². The Morgan fingerprint density at radius 3 is 2.62 bits per heavy atom. The molecule has 0 aliphatic rings. The highest BCUT2D eigenvalue weighted by molar-refractivity contribution is 7.04. The zero-order chi connectivity index (χ0) is 19.2. The second-order valence-corrected chi connectivity index (χ2v) is 7.51. The van der Waals surface area contributed by atoms with E-state index in [4.69, 9.17) is 9.47 Å². The van der Waals surface area contributed by atoms with E-state index < -0.39 is 0 Å². The van der Waals surface area contributed by atoms with Crippen molar-refractivity contribution in [2.24, 2.45) is 5.92 Å². The molecule has 0 saturated carbocycles. The van der Waals surface area contributed by atoms with Gasteiger partial charge < -0.3 is 9.47 Å². The number of nitrogens with zero attached hydrogens (tertiary/aromatic N) is 1. The van der Waals surface area contributed by atoms with Gasteiger partial charge in [0.15, 0.2) is 5.75 Å². The summed E-state index contributed by atoms with van der Waals surface area (Å²) in [5.41, 5.74) is 2.04. The van der Waals surface area contributed by atoms with Crippen LogP contribution in [0.25, 0.3) is 5.57 Å². The van der Waals surface area contributed by atoms with Crippen LogP contribution in [0.3, 0.4) is 0 Å². The molecule has 1 aromatic heterocycles.